The highest BCUT2D eigenvalue weighted by Gasteiger charge is 2.28. The van der Waals surface area contributed by atoms with Gasteiger partial charge in [-0.05, 0) is 37.1 Å². The summed E-state index contributed by atoms with van der Waals surface area (Å²) in [7, 11) is 0. The first kappa shape index (κ1) is 9.90. The van der Waals surface area contributed by atoms with Gasteiger partial charge < -0.3 is 4.90 Å². The molecular weight excluding hydrogens is 190 g/mol. The smallest absolute Gasteiger partial charge is 0.234 e. The van der Waals surface area contributed by atoms with E-state index in [1.54, 1.807) is 4.90 Å². The number of carbonyl (C=O) groups is 2. The average molecular weight is 203 g/mol. The number of aryl methyl sites for hydroxylation is 2. The molecule has 3 heteroatoms. The Morgan fingerprint density at radius 1 is 1.07 bits per heavy atom. The van der Waals surface area contributed by atoms with Crippen LogP contribution >= 0.6 is 0 Å². The maximum atomic E-state index is 11.5. The Bertz CT molecular complexity index is 417. The van der Waals surface area contributed by atoms with Gasteiger partial charge in [0.15, 0.2) is 5.78 Å². The third kappa shape index (κ3) is 1.91. The predicted octanol–water partition coefficient (Wildman–Crippen LogP) is 1.61. The summed E-state index contributed by atoms with van der Waals surface area (Å²) in [6.07, 6.45) is 0.0486. The summed E-state index contributed by atoms with van der Waals surface area (Å²) in [6, 6.07) is 5.92. The minimum Gasteiger partial charge on any atom is -0.305 e. The number of hydrogen-bond acceptors (Lipinski definition) is 2. The second-order valence-corrected chi connectivity index (χ2v) is 4.04. The lowest BCUT2D eigenvalue weighted by atomic mass is 10.1. The molecule has 78 valence electrons. The summed E-state index contributed by atoms with van der Waals surface area (Å²) in [4.78, 5) is 24.2. The monoisotopic (exact) mass is 203 g/mol. The number of anilines is 1. The number of ketones is 1. The van der Waals surface area contributed by atoms with E-state index >= 15 is 0 Å². The average Bonchev–Trinajstić information content (AvgIpc) is 2.43. The van der Waals surface area contributed by atoms with Gasteiger partial charge in [-0.25, -0.2) is 0 Å². The molecule has 1 heterocycles. The predicted molar refractivity (Wildman–Crippen MR) is 57.9 cm³/mol. The van der Waals surface area contributed by atoms with Gasteiger partial charge in [0.1, 0.15) is 0 Å². The zero-order valence-corrected chi connectivity index (χ0v) is 8.91. The van der Waals surface area contributed by atoms with Crippen LogP contribution in [0.15, 0.2) is 18.2 Å². The van der Waals surface area contributed by atoms with Crippen molar-refractivity contribution in [2.45, 2.75) is 20.3 Å². The first-order chi connectivity index (χ1) is 7.06. The van der Waals surface area contributed by atoms with Crippen molar-refractivity contribution in [2.24, 2.45) is 0 Å². The normalized spacial score (nSPS) is 16.3. The highest BCUT2D eigenvalue weighted by Crippen LogP contribution is 2.22. The van der Waals surface area contributed by atoms with E-state index in [0.717, 1.165) is 16.8 Å². The van der Waals surface area contributed by atoms with Crippen molar-refractivity contribution < 1.29 is 9.59 Å². The second kappa shape index (κ2) is 3.50. The number of carbonyl (C=O) groups excluding carboxylic acids is 2. The summed E-state index contributed by atoms with van der Waals surface area (Å²) in [5.41, 5.74) is 3.05. The van der Waals surface area contributed by atoms with Gasteiger partial charge in [0.25, 0.3) is 0 Å². The highest BCUT2D eigenvalue weighted by atomic mass is 16.2. The molecule has 1 aliphatic rings. The Hall–Kier alpha value is -1.64. The Morgan fingerprint density at radius 3 is 2.13 bits per heavy atom. The van der Waals surface area contributed by atoms with Crippen molar-refractivity contribution in [3.63, 3.8) is 0 Å². The Morgan fingerprint density at radius 2 is 1.67 bits per heavy atom. The quantitative estimate of drug-likeness (QED) is 0.650. The zero-order valence-electron chi connectivity index (χ0n) is 8.91. The third-order valence-electron chi connectivity index (χ3n) is 2.50. The lowest BCUT2D eigenvalue weighted by Gasteiger charge is -2.16. The van der Waals surface area contributed by atoms with Crippen LogP contribution in [0, 0.1) is 13.8 Å². The van der Waals surface area contributed by atoms with Gasteiger partial charge in [0, 0.05) is 5.69 Å². The van der Waals surface area contributed by atoms with E-state index in [4.69, 9.17) is 0 Å². The Balaban J connectivity index is 2.37. The van der Waals surface area contributed by atoms with Crippen LogP contribution in [0.25, 0.3) is 0 Å². The van der Waals surface area contributed by atoms with Crippen molar-refractivity contribution in [3.8, 4) is 0 Å². The molecule has 1 amide bonds. The van der Waals surface area contributed by atoms with E-state index in [0.29, 0.717) is 0 Å². The molecule has 1 aromatic carbocycles. The van der Waals surface area contributed by atoms with Crippen LogP contribution in [0.5, 0.6) is 0 Å². The van der Waals surface area contributed by atoms with E-state index in [1.807, 2.05) is 32.0 Å². The Kier molecular flexibility index (Phi) is 2.31. The van der Waals surface area contributed by atoms with Gasteiger partial charge >= 0.3 is 0 Å². The molecular formula is C12H13NO2. The lowest BCUT2D eigenvalue weighted by Crippen LogP contribution is -2.24. The molecule has 0 spiro atoms. The van der Waals surface area contributed by atoms with E-state index in [1.165, 1.54) is 0 Å². The fraction of sp³-hybridized carbons (Fsp3) is 0.333. The molecule has 2 rings (SSSR count). The summed E-state index contributed by atoms with van der Waals surface area (Å²) in [5, 5.41) is 0. The number of benzene rings is 1. The van der Waals surface area contributed by atoms with Crippen molar-refractivity contribution in [2.75, 3.05) is 11.4 Å². The van der Waals surface area contributed by atoms with E-state index < -0.39 is 0 Å². The van der Waals surface area contributed by atoms with Crippen LogP contribution in [-0.4, -0.2) is 18.2 Å². The zero-order chi connectivity index (χ0) is 11.0. The van der Waals surface area contributed by atoms with Crippen LogP contribution in [0.4, 0.5) is 5.69 Å². The van der Waals surface area contributed by atoms with Gasteiger partial charge in [-0.1, -0.05) is 6.07 Å². The first-order valence-electron chi connectivity index (χ1n) is 4.96. The molecule has 1 saturated heterocycles. The molecule has 0 radical (unpaired) electrons. The van der Waals surface area contributed by atoms with Crippen LogP contribution in [-0.2, 0) is 9.59 Å². The largest absolute Gasteiger partial charge is 0.305 e. The van der Waals surface area contributed by atoms with Crippen LogP contribution in [0.2, 0.25) is 0 Å². The fourth-order valence-electron chi connectivity index (χ4n) is 1.93. The maximum absolute atomic E-state index is 11.5. The van der Waals surface area contributed by atoms with Crippen molar-refractivity contribution in [3.05, 3.63) is 29.3 Å². The molecule has 0 aromatic heterocycles. The molecule has 0 atom stereocenters. The first-order valence-corrected chi connectivity index (χ1v) is 4.96. The minimum absolute atomic E-state index is 0.000779. The molecule has 0 saturated carbocycles. The number of Topliss-reactive ketones (excluding diaryl/α,β-unsaturated/α-hetero) is 1. The van der Waals surface area contributed by atoms with E-state index in [2.05, 4.69) is 0 Å². The van der Waals surface area contributed by atoms with Crippen molar-refractivity contribution in [1.29, 1.82) is 0 Å². The number of rotatable bonds is 1. The SMILES string of the molecule is Cc1cc(C)cc(N2CC(=O)CC2=O)c1. The van der Waals surface area contributed by atoms with E-state index in [9.17, 15) is 9.59 Å². The molecule has 0 bridgehead atoms. The lowest BCUT2D eigenvalue weighted by molar-refractivity contribution is -0.121. The summed E-state index contributed by atoms with van der Waals surface area (Å²) in [6.45, 7) is 4.19. The topological polar surface area (TPSA) is 37.4 Å². The molecule has 1 aliphatic heterocycles. The molecule has 15 heavy (non-hydrogen) atoms. The summed E-state index contributed by atoms with van der Waals surface area (Å²) < 4.78 is 0. The highest BCUT2D eigenvalue weighted by molar-refractivity contribution is 6.15. The minimum atomic E-state index is -0.0926. The third-order valence-corrected chi connectivity index (χ3v) is 2.50. The number of nitrogens with zero attached hydrogens (tertiary/aromatic N) is 1. The van der Waals surface area contributed by atoms with E-state index in [-0.39, 0.29) is 24.7 Å². The standard InChI is InChI=1S/C12H13NO2/c1-8-3-9(2)5-10(4-8)13-7-11(14)6-12(13)15/h3-5H,6-7H2,1-2H3. The molecule has 0 N–H and O–H groups in total. The van der Waals surface area contributed by atoms with Crippen LogP contribution in [0.3, 0.4) is 0 Å². The van der Waals surface area contributed by atoms with Gasteiger partial charge in [-0.2, -0.15) is 0 Å². The van der Waals surface area contributed by atoms with Crippen molar-refractivity contribution >= 4 is 17.4 Å². The molecule has 0 unspecified atom stereocenters. The fourth-order valence-corrected chi connectivity index (χ4v) is 1.93. The molecule has 3 nitrogen and oxygen atoms in total. The van der Waals surface area contributed by atoms with Gasteiger partial charge in [0.05, 0.1) is 13.0 Å². The molecule has 1 fully saturated rings. The van der Waals surface area contributed by atoms with Gasteiger partial charge in [-0.15, -0.1) is 0 Å². The van der Waals surface area contributed by atoms with Crippen molar-refractivity contribution in [1.82, 2.24) is 0 Å². The van der Waals surface area contributed by atoms with Gasteiger partial charge in [0.2, 0.25) is 5.91 Å². The molecule has 0 aliphatic carbocycles. The second-order valence-electron chi connectivity index (χ2n) is 4.04. The number of hydrogen-bond donors (Lipinski definition) is 0. The van der Waals surface area contributed by atoms with Crippen LogP contribution in [0.1, 0.15) is 17.5 Å². The summed E-state index contributed by atoms with van der Waals surface area (Å²) >= 11 is 0. The van der Waals surface area contributed by atoms with Gasteiger partial charge in [-0.3, -0.25) is 9.59 Å². The Labute approximate surface area is 88.7 Å². The maximum Gasteiger partial charge on any atom is 0.234 e. The van der Waals surface area contributed by atoms with Crippen LogP contribution < -0.4 is 4.90 Å². The number of amides is 1. The summed E-state index contributed by atoms with van der Waals surface area (Å²) in [5.74, 6) is -0.0934. The molecule has 1 aromatic rings.